The average Bonchev–Trinajstić information content (AvgIpc) is 2.42. The molecule has 1 aliphatic rings. The molecule has 2 rings (SSSR count). The first-order valence-corrected chi connectivity index (χ1v) is 6.82. The lowest BCUT2D eigenvalue weighted by Crippen LogP contribution is -2.44. The van der Waals surface area contributed by atoms with Gasteiger partial charge in [0, 0.05) is 31.5 Å². The minimum absolute atomic E-state index is 0.00625. The van der Waals surface area contributed by atoms with Crippen LogP contribution in [0.15, 0.2) is 24.5 Å². The van der Waals surface area contributed by atoms with Crippen LogP contribution in [-0.2, 0) is 4.79 Å². The molecule has 0 radical (unpaired) electrons. The van der Waals surface area contributed by atoms with Gasteiger partial charge in [0.05, 0.1) is 12.6 Å². The summed E-state index contributed by atoms with van der Waals surface area (Å²) in [4.78, 5) is 18.2. The predicted octanol–water partition coefficient (Wildman–Crippen LogP) is 0.682. The highest BCUT2D eigenvalue weighted by Crippen LogP contribution is 2.11. The summed E-state index contributed by atoms with van der Waals surface area (Å²) in [5.74, 6) is 0.0619. The average molecular weight is 262 g/mol. The van der Waals surface area contributed by atoms with Crippen molar-refractivity contribution in [3.05, 3.63) is 30.1 Å². The maximum atomic E-state index is 12.0. The maximum Gasteiger partial charge on any atom is 0.234 e. The van der Waals surface area contributed by atoms with Crippen molar-refractivity contribution in [1.82, 2.24) is 15.2 Å². The van der Waals surface area contributed by atoms with Crippen LogP contribution >= 0.6 is 0 Å². The number of hydrogen-bond acceptors (Lipinski definition) is 4. The smallest absolute Gasteiger partial charge is 0.234 e. The van der Waals surface area contributed by atoms with Gasteiger partial charge < -0.3 is 11.1 Å². The van der Waals surface area contributed by atoms with Gasteiger partial charge in [0.15, 0.2) is 0 Å². The number of nitrogens with zero attached hydrogens (tertiary/aromatic N) is 2. The van der Waals surface area contributed by atoms with Crippen LogP contribution < -0.4 is 11.1 Å². The third-order valence-electron chi connectivity index (χ3n) is 3.56. The fourth-order valence-corrected chi connectivity index (χ4v) is 2.32. The zero-order chi connectivity index (χ0) is 13.7. The van der Waals surface area contributed by atoms with Gasteiger partial charge in [-0.05, 0) is 31.4 Å². The molecule has 1 fully saturated rings. The molecule has 1 aromatic heterocycles. The predicted molar refractivity (Wildman–Crippen MR) is 74.4 cm³/mol. The third kappa shape index (κ3) is 4.29. The second-order valence-electron chi connectivity index (χ2n) is 5.19. The van der Waals surface area contributed by atoms with Gasteiger partial charge in [0.25, 0.3) is 0 Å². The Labute approximate surface area is 114 Å². The number of hydrogen-bond donors (Lipinski definition) is 2. The number of carbonyl (C=O) groups excluding carboxylic acids is 1. The van der Waals surface area contributed by atoms with Crippen LogP contribution in [0.2, 0.25) is 0 Å². The Kier molecular flexibility index (Phi) is 4.87. The fourth-order valence-electron chi connectivity index (χ4n) is 2.32. The van der Waals surface area contributed by atoms with Crippen molar-refractivity contribution in [2.24, 2.45) is 5.73 Å². The summed E-state index contributed by atoms with van der Waals surface area (Å²) in [5.41, 5.74) is 6.87. The van der Waals surface area contributed by atoms with E-state index >= 15 is 0 Å². The lowest BCUT2D eigenvalue weighted by atomic mass is 10.1. The molecule has 0 unspecified atom stereocenters. The number of amides is 1. The second-order valence-corrected chi connectivity index (χ2v) is 5.19. The summed E-state index contributed by atoms with van der Waals surface area (Å²) in [5, 5.41) is 3.00. The number of rotatable bonds is 4. The molecule has 1 atom stereocenters. The van der Waals surface area contributed by atoms with Gasteiger partial charge in [-0.3, -0.25) is 14.7 Å². The number of carbonyl (C=O) groups is 1. The quantitative estimate of drug-likeness (QED) is 0.837. The first kappa shape index (κ1) is 14.0. The summed E-state index contributed by atoms with van der Waals surface area (Å²) >= 11 is 0. The van der Waals surface area contributed by atoms with Crippen molar-refractivity contribution in [2.75, 3.05) is 19.6 Å². The molecule has 0 spiro atoms. The highest BCUT2D eigenvalue weighted by molar-refractivity contribution is 5.78. The summed E-state index contributed by atoms with van der Waals surface area (Å²) < 4.78 is 0. The van der Waals surface area contributed by atoms with Gasteiger partial charge in [0.1, 0.15) is 0 Å². The van der Waals surface area contributed by atoms with Crippen molar-refractivity contribution in [3.63, 3.8) is 0 Å². The summed E-state index contributed by atoms with van der Waals surface area (Å²) in [6.07, 6.45) is 5.47. The molecule has 1 saturated heterocycles. The molecular formula is C14H22N4O. The van der Waals surface area contributed by atoms with Crippen molar-refractivity contribution in [2.45, 2.75) is 31.8 Å². The molecule has 1 aliphatic heterocycles. The molecule has 0 bridgehead atoms. The molecule has 0 aromatic carbocycles. The van der Waals surface area contributed by atoms with Gasteiger partial charge >= 0.3 is 0 Å². The van der Waals surface area contributed by atoms with Crippen molar-refractivity contribution in [3.8, 4) is 0 Å². The Hall–Kier alpha value is -1.46. The van der Waals surface area contributed by atoms with Gasteiger partial charge in [-0.15, -0.1) is 0 Å². The Morgan fingerprint density at radius 2 is 2.32 bits per heavy atom. The Balaban J connectivity index is 1.78. The van der Waals surface area contributed by atoms with E-state index < -0.39 is 0 Å². The standard InChI is InChI=1S/C14H22N4O/c1-11(12-3-2-6-16-9-12)17-14(19)10-18-7-4-13(15)5-8-18/h2-3,6,9,11,13H,4-5,7-8,10,15H2,1H3,(H,17,19)/t11-/m1/s1. The van der Waals surface area contributed by atoms with E-state index in [1.165, 1.54) is 0 Å². The highest BCUT2D eigenvalue weighted by Gasteiger charge is 2.19. The van der Waals surface area contributed by atoms with E-state index in [-0.39, 0.29) is 11.9 Å². The maximum absolute atomic E-state index is 12.0. The number of likely N-dealkylation sites (tertiary alicyclic amines) is 1. The van der Waals surface area contributed by atoms with Gasteiger partial charge in [-0.1, -0.05) is 6.07 Å². The first-order valence-electron chi connectivity index (χ1n) is 6.82. The zero-order valence-corrected chi connectivity index (χ0v) is 11.4. The summed E-state index contributed by atoms with van der Waals surface area (Å²) in [6.45, 7) is 4.25. The highest BCUT2D eigenvalue weighted by atomic mass is 16.2. The number of aromatic nitrogens is 1. The minimum Gasteiger partial charge on any atom is -0.348 e. The molecule has 1 amide bonds. The van der Waals surface area contributed by atoms with Gasteiger partial charge in [-0.25, -0.2) is 0 Å². The van der Waals surface area contributed by atoms with Gasteiger partial charge in [-0.2, -0.15) is 0 Å². The third-order valence-corrected chi connectivity index (χ3v) is 3.56. The van der Waals surface area contributed by atoms with Crippen LogP contribution in [0.5, 0.6) is 0 Å². The van der Waals surface area contributed by atoms with E-state index in [1.54, 1.807) is 12.4 Å². The van der Waals surface area contributed by atoms with Crippen molar-refractivity contribution >= 4 is 5.91 Å². The molecule has 0 aliphatic carbocycles. The number of nitrogens with two attached hydrogens (primary N) is 1. The summed E-state index contributed by atoms with van der Waals surface area (Å²) in [7, 11) is 0. The van der Waals surface area contributed by atoms with E-state index in [0.717, 1.165) is 31.5 Å². The van der Waals surface area contributed by atoms with E-state index in [9.17, 15) is 4.79 Å². The van der Waals surface area contributed by atoms with Crippen molar-refractivity contribution in [1.29, 1.82) is 0 Å². The molecule has 104 valence electrons. The molecule has 19 heavy (non-hydrogen) atoms. The van der Waals surface area contributed by atoms with Crippen LogP contribution in [0.3, 0.4) is 0 Å². The largest absolute Gasteiger partial charge is 0.348 e. The number of nitrogens with one attached hydrogen (secondary N) is 1. The molecule has 1 aromatic rings. The minimum atomic E-state index is -0.00625. The molecule has 5 heteroatoms. The number of piperidine rings is 1. The Bertz CT molecular complexity index is 401. The van der Waals surface area contributed by atoms with Crippen molar-refractivity contribution < 1.29 is 4.79 Å². The monoisotopic (exact) mass is 262 g/mol. The van der Waals surface area contributed by atoms with Crippen LogP contribution in [-0.4, -0.2) is 41.5 Å². The number of pyridine rings is 1. The van der Waals surface area contributed by atoms with E-state index in [4.69, 9.17) is 5.73 Å². The Morgan fingerprint density at radius 1 is 1.58 bits per heavy atom. The topological polar surface area (TPSA) is 71.2 Å². The summed E-state index contributed by atoms with van der Waals surface area (Å²) in [6, 6.07) is 4.14. The first-order chi connectivity index (χ1) is 9.15. The van der Waals surface area contributed by atoms with E-state index in [0.29, 0.717) is 12.6 Å². The zero-order valence-electron chi connectivity index (χ0n) is 11.4. The van der Waals surface area contributed by atoms with Crippen LogP contribution in [0.1, 0.15) is 31.4 Å². The van der Waals surface area contributed by atoms with Crippen LogP contribution in [0.25, 0.3) is 0 Å². The molecular weight excluding hydrogens is 240 g/mol. The van der Waals surface area contributed by atoms with Crippen LogP contribution in [0, 0.1) is 0 Å². The van der Waals surface area contributed by atoms with Gasteiger partial charge in [0.2, 0.25) is 5.91 Å². The Morgan fingerprint density at radius 3 is 2.95 bits per heavy atom. The normalized spacial score (nSPS) is 19.1. The lowest BCUT2D eigenvalue weighted by molar-refractivity contribution is -0.123. The molecule has 0 saturated carbocycles. The van der Waals surface area contributed by atoms with E-state index in [2.05, 4.69) is 15.2 Å². The lowest BCUT2D eigenvalue weighted by Gasteiger charge is -2.29. The van der Waals surface area contributed by atoms with Crippen LogP contribution in [0.4, 0.5) is 0 Å². The molecule has 3 N–H and O–H groups in total. The van der Waals surface area contributed by atoms with E-state index in [1.807, 2.05) is 19.1 Å². The fraction of sp³-hybridized carbons (Fsp3) is 0.571. The second kappa shape index (κ2) is 6.63. The molecule has 2 heterocycles. The molecule has 5 nitrogen and oxygen atoms in total. The SMILES string of the molecule is C[C@@H](NC(=O)CN1CCC(N)CC1)c1cccnc1.